The van der Waals surface area contributed by atoms with Crippen LogP contribution in [0.1, 0.15) is 23.2 Å². The Kier molecular flexibility index (Phi) is 3.71. The average Bonchev–Trinajstić information content (AvgIpc) is 3.24. The summed E-state index contributed by atoms with van der Waals surface area (Å²) in [6, 6.07) is 15.2. The Hall–Kier alpha value is -2.40. The fourth-order valence-corrected chi connectivity index (χ4v) is 3.88. The SMILES string of the molecule is O=C(Nc1ccc2nc(N3CCCC3)sc2c1)c1ccccc1. The minimum atomic E-state index is -0.0887. The normalized spacial score (nSPS) is 14.3. The summed E-state index contributed by atoms with van der Waals surface area (Å²) in [4.78, 5) is 19.3. The number of nitrogens with zero attached hydrogens (tertiary/aromatic N) is 2. The lowest BCUT2D eigenvalue weighted by molar-refractivity contribution is 0.102. The molecule has 0 spiro atoms. The van der Waals surface area contributed by atoms with Crippen molar-refractivity contribution >= 4 is 38.3 Å². The molecule has 1 fully saturated rings. The third-order valence-corrected chi connectivity index (χ3v) is 5.13. The van der Waals surface area contributed by atoms with Gasteiger partial charge in [-0.15, -0.1) is 0 Å². The van der Waals surface area contributed by atoms with Gasteiger partial charge in [0.15, 0.2) is 5.13 Å². The lowest BCUT2D eigenvalue weighted by Gasteiger charge is -2.11. The molecule has 3 aromatic rings. The van der Waals surface area contributed by atoms with E-state index in [1.165, 1.54) is 12.8 Å². The molecule has 4 nitrogen and oxygen atoms in total. The number of amides is 1. The number of aromatic nitrogens is 1. The molecule has 1 aliphatic rings. The highest BCUT2D eigenvalue weighted by Crippen LogP contribution is 2.32. The maximum atomic E-state index is 12.2. The molecule has 2 aromatic carbocycles. The molecule has 0 atom stereocenters. The summed E-state index contributed by atoms with van der Waals surface area (Å²) in [5.74, 6) is -0.0887. The molecule has 116 valence electrons. The number of rotatable bonds is 3. The zero-order chi connectivity index (χ0) is 15.6. The highest BCUT2D eigenvalue weighted by molar-refractivity contribution is 7.22. The van der Waals surface area contributed by atoms with Gasteiger partial charge in [-0.25, -0.2) is 4.98 Å². The summed E-state index contributed by atoms with van der Waals surface area (Å²) in [6.07, 6.45) is 2.49. The van der Waals surface area contributed by atoms with Gasteiger partial charge in [0.1, 0.15) is 0 Å². The minimum absolute atomic E-state index is 0.0887. The van der Waals surface area contributed by atoms with Crippen LogP contribution < -0.4 is 10.2 Å². The topological polar surface area (TPSA) is 45.2 Å². The van der Waals surface area contributed by atoms with Crippen LogP contribution in [0.5, 0.6) is 0 Å². The third kappa shape index (κ3) is 2.92. The Morgan fingerprint density at radius 3 is 2.65 bits per heavy atom. The molecule has 5 heteroatoms. The van der Waals surface area contributed by atoms with E-state index in [0.29, 0.717) is 5.56 Å². The van der Waals surface area contributed by atoms with Crippen LogP contribution in [0.15, 0.2) is 48.5 Å². The lowest BCUT2D eigenvalue weighted by atomic mass is 10.2. The Labute approximate surface area is 138 Å². The maximum Gasteiger partial charge on any atom is 0.255 e. The van der Waals surface area contributed by atoms with Crippen LogP contribution in [-0.4, -0.2) is 24.0 Å². The zero-order valence-corrected chi connectivity index (χ0v) is 13.5. The number of fused-ring (bicyclic) bond motifs is 1. The van der Waals surface area contributed by atoms with E-state index in [-0.39, 0.29) is 5.91 Å². The first-order valence-electron chi connectivity index (χ1n) is 7.81. The molecule has 0 bridgehead atoms. The third-order valence-electron chi connectivity index (χ3n) is 4.05. The largest absolute Gasteiger partial charge is 0.348 e. The van der Waals surface area contributed by atoms with E-state index < -0.39 is 0 Å². The Balaban J connectivity index is 1.57. The predicted molar refractivity (Wildman–Crippen MR) is 95.5 cm³/mol. The molecule has 1 N–H and O–H groups in total. The minimum Gasteiger partial charge on any atom is -0.348 e. The van der Waals surface area contributed by atoms with Crippen molar-refractivity contribution in [2.24, 2.45) is 0 Å². The molecule has 1 aliphatic heterocycles. The van der Waals surface area contributed by atoms with E-state index in [1.54, 1.807) is 11.3 Å². The first-order chi connectivity index (χ1) is 11.3. The molecular formula is C18H17N3OS. The van der Waals surface area contributed by atoms with Crippen molar-refractivity contribution in [3.63, 3.8) is 0 Å². The van der Waals surface area contributed by atoms with Gasteiger partial charge in [-0.05, 0) is 43.2 Å². The van der Waals surface area contributed by atoms with Crippen LogP contribution >= 0.6 is 11.3 Å². The fraction of sp³-hybridized carbons (Fsp3) is 0.222. The molecule has 1 amide bonds. The summed E-state index contributed by atoms with van der Waals surface area (Å²) in [7, 11) is 0. The predicted octanol–water partition coefficient (Wildman–Crippen LogP) is 4.15. The van der Waals surface area contributed by atoms with Gasteiger partial charge in [-0.3, -0.25) is 4.79 Å². The molecule has 1 aromatic heterocycles. The number of anilines is 2. The summed E-state index contributed by atoms with van der Waals surface area (Å²) < 4.78 is 1.11. The molecule has 4 rings (SSSR count). The van der Waals surface area contributed by atoms with Crippen LogP contribution in [0, 0.1) is 0 Å². The summed E-state index contributed by atoms with van der Waals surface area (Å²) in [5.41, 5.74) is 2.47. The van der Waals surface area contributed by atoms with Crippen LogP contribution in [-0.2, 0) is 0 Å². The quantitative estimate of drug-likeness (QED) is 0.787. The van der Waals surface area contributed by atoms with E-state index in [9.17, 15) is 4.79 Å². The number of carbonyl (C=O) groups is 1. The Bertz CT molecular complexity index is 838. The van der Waals surface area contributed by atoms with Crippen molar-refractivity contribution in [3.05, 3.63) is 54.1 Å². The van der Waals surface area contributed by atoms with Crippen molar-refractivity contribution in [1.82, 2.24) is 4.98 Å². The lowest BCUT2D eigenvalue weighted by Crippen LogP contribution is -2.16. The number of thiazole rings is 1. The van der Waals surface area contributed by atoms with Gasteiger partial charge in [0.25, 0.3) is 5.91 Å². The first kappa shape index (κ1) is 14.2. The van der Waals surface area contributed by atoms with Crippen LogP contribution in [0.4, 0.5) is 10.8 Å². The molecule has 0 radical (unpaired) electrons. The van der Waals surface area contributed by atoms with Crippen LogP contribution in [0.3, 0.4) is 0 Å². The first-order valence-corrected chi connectivity index (χ1v) is 8.63. The standard InChI is InChI=1S/C18H17N3OS/c22-17(13-6-2-1-3-7-13)19-14-8-9-15-16(12-14)23-18(20-15)21-10-4-5-11-21/h1-3,6-9,12H,4-5,10-11H2,(H,19,22). The van der Waals surface area contributed by atoms with Crippen molar-refractivity contribution < 1.29 is 4.79 Å². The van der Waals surface area contributed by atoms with Gasteiger partial charge in [-0.1, -0.05) is 29.5 Å². The van der Waals surface area contributed by atoms with E-state index in [2.05, 4.69) is 10.2 Å². The van der Waals surface area contributed by atoms with E-state index in [0.717, 1.165) is 34.1 Å². The highest BCUT2D eigenvalue weighted by atomic mass is 32.1. The second-order valence-electron chi connectivity index (χ2n) is 5.69. The van der Waals surface area contributed by atoms with E-state index in [4.69, 9.17) is 4.98 Å². The average molecular weight is 323 g/mol. The number of benzene rings is 2. The van der Waals surface area contributed by atoms with Crippen molar-refractivity contribution in [3.8, 4) is 0 Å². The molecule has 0 aliphatic carbocycles. The van der Waals surface area contributed by atoms with Gasteiger partial charge in [0, 0.05) is 24.3 Å². The Morgan fingerprint density at radius 2 is 1.87 bits per heavy atom. The van der Waals surface area contributed by atoms with E-state index in [1.807, 2.05) is 48.5 Å². The van der Waals surface area contributed by atoms with E-state index >= 15 is 0 Å². The maximum absolute atomic E-state index is 12.2. The van der Waals surface area contributed by atoms with Gasteiger partial charge in [-0.2, -0.15) is 0 Å². The van der Waals surface area contributed by atoms with Gasteiger partial charge >= 0.3 is 0 Å². The number of carbonyl (C=O) groups excluding carboxylic acids is 1. The zero-order valence-electron chi connectivity index (χ0n) is 12.7. The summed E-state index contributed by atoms with van der Waals surface area (Å²) in [5, 5.41) is 4.04. The summed E-state index contributed by atoms with van der Waals surface area (Å²) in [6.45, 7) is 2.19. The second-order valence-corrected chi connectivity index (χ2v) is 6.70. The van der Waals surface area contributed by atoms with Crippen molar-refractivity contribution in [2.75, 3.05) is 23.3 Å². The molecule has 23 heavy (non-hydrogen) atoms. The van der Waals surface area contributed by atoms with Gasteiger partial charge < -0.3 is 10.2 Å². The van der Waals surface area contributed by atoms with Gasteiger partial charge in [0.05, 0.1) is 10.2 Å². The Morgan fingerprint density at radius 1 is 1.09 bits per heavy atom. The number of hydrogen-bond donors (Lipinski definition) is 1. The summed E-state index contributed by atoms with van der Waals surface area (Å²) >= 11 is 1.70. The molecule has 0 unspecified atom stereocenters. The van der Waals surface area contributed by atoms with Crippen LogP contribution in [0.25, 0.3) is 10.2 Å². The van der Waals surface area contributed by atoms with Gasteiger partial charge in [0.2, 0.25) is 0 Å². The fourth-order valence-electron chi connectivity index (χ4n) is 2.83. The number of hydrogen-bond acceptors (Lipinski definition) is 4. The molecule has 1 saturated heterocycles. The molecule has 2 heterocycles. The number of nitrogens with one attached hydrogen (secondary N) is 1. The monoisotopic (exact) mass is 323 g/mol. The molecular weight excluding hydrogens is 306 g/mol. The smallest absolute Gasteiger partial charge is 0.255 e. The highest BCUT2D eigenvalue weighted by Gasteiger charge is 2.16. The van der Waals surface area contributed by atoms with Crippen molar-refractivity contribution in [1.29, 1.82) is 0 Å². The second kappa shape index (κ2) is 6.01. The molecule has 0 saturated carbocycles. The van der Waals surface area contributed by atoms with Crippen LogP contribution in [0.2, 0.25) is 0 Å². The van der Waals surface area contributed by atoms with Crippen molar-refractivity contribution in [2.45, 2.75) is 12.8 Å².